The highest BCUT2D eigenvalue weighted by molar-refractivity contribution is 6.10. The summed E-state index contributed by atoms with van der Waals surface area (Å²) >= 11 is 0. The lowest BCUT2D eigenvalue weighted by Crippen LogP contribution is -2.45. The molecule has 4 amide bonds. The van der Waals surface area contributed by atoms with E-state index in [-0.39, 0.29) is 24.4 Å². The van der Waals surface area contributed by atoms with E-state index in [4.69, 9.17) is 0 Å². The van der Waals surface area contributed by atoms with Gasteiger partial charge in [0, 0.05) is 6.54 Å². The lowest BCUT2D eigenvalue weighted by atomic mass is 9.92. The van der Waals surface area contributed by atoms with E-state index >= 15 is 0 Å². The third-order valence-electron chi connectivity index (χ3n) is 6.65. The Balaban J connectivity index is 1.31. The van der Waals surface area contributed by atoms with Crippen LogP contribution in [0, 0.1) is 0 Å². The Kier molecular flexibility index (Phi) is 4.85. The smallest absolute Gasteiger partial charge is 0.325 e. The molecular weight excluding hydrogens is 390 g/mol. The van der Waals surface area contributed by atoms with Gasteiger partial charge in [0.1, 0.15) is 12.1 Å². The van der Waals surface area contributed by atoms with Crippen LogP contribution in [0.1, 0.15) is 36.0 Å². The molecule has 2 aromatic rings. The number of amides is 4. The number of benzene rings is 2. The fraction of sp³-hybridized carbons (Fsp3) is 0.320. The first-order valence-electron chi connectivity index (χ1n) is 10.8. The molecule has 31 heavy (non-hydrogen) atoms. The van der Waals surface area contributed by atoms with E-state index in [0.29, 0.717) is 13.0 Å². The van der Waals surface area contributed by atoms with E-state index in [1.807, 2.05) is 66.7 Å². The van der Waals surface area contributed by atoms with Crippen molar-refractivity contribution in [2.45, 2.75) is 37.3 Å². The molecule has 1 aliphatic carbocycles. The second-order valence-electron chi connectivity index (χ2n) is 8.45. The number of nitrogens with zero attached hydrogens (tertiary/aromatic N) is 2. The molecule has 5 rings (SSSR count). The van der Waals surface area contributed by atoms with Gasteiger partial charge in [-0.15, -0.1) is 0 Å². The summed E-state index contributed by atoms with van der Waals surface area (Å²) in [4.78, 5) is 42.0. The quantitative estimate of drug-likeness (QED) is 0.781. The summed E-state index contributed by atoms with van der Waals surface area (Å²) in [5, 5.41) is 2.89. The summed E-state index contributed by atoms with van der Waals surface area (Å²) in [7, 11) is 0. The molecule has 0 bridgehead atoms. The topological polar surface area (TPSA) is 69.7 Å². The zero-order valence-electron chi connectivity index (χ0n) is 17.3. The number of carbonyl (C=O) groups is 3. The number of nitrogens with one attached hydrogen (secondary N) is 1. The first-order chi connectivity index (χ1) is 15.1. The molecule has 2 heterocycles. The van der Waals surface area contributed by atoms with Crippen LogP contribution in [-0.4, -0.2) is 46.8 Å². The van der Waals surface area contributed by atoms with Crippen molar-refractivity contribution in [2.75, 3.05) is 13.1 Å². The van der Waals surface area contributed by atoms with Gasteiger partial charge in [0.2, 0.25) is 5.91 Å². The SMILES string of the molecule is O=C1NC2(CCc3ccccc32)C(=O)N1CC(=O)N1CCCC1/C=C/c1ccccc1. The normalized spacial score (nSPS) is 25.0. The van der Waals surface area contributed by atoms with Crippen molar-refractivity contribution in [3.05, 3.63) is 77.4 Å². The molecule has 0 aromatic heterocycles. The maximum absolute atomic E-state index is 13.3. The molecular formula is C25H25N3O3. The van der Waals surface area contributed by atoms with Gasteiger partial charge in [0.15, 0.2) is 0 Å². The van der Waals surface area contributed by atoms with Crippen molar-refractivity contribution >= 4 is 23.9 Å². The Hall–Kier alpha value is -3.41. The highest BCUT2D eigenvalue weighted by atomic mass is 16.2. The van der Waals surface area contributed by atoms with E-state index in [1.165, 1.54) is 0 Å². The predicted molar refractivity (Wildman–Crippen MR) is 117 cm³/mol. The summed E-state index contributed by atoms with van der Waals surface area (Å²) < 4.78 is 0. The summed E-state index contributed by atoms with van der Waals surface area (Å²) in [5.74, 6) is -0.501. The van der Waals surface area contributed by atoms with Gasteiger partial charge in [-0.25, -0.2) is 4.79 Å². The third-order valence-corrected chi connectivity index (χ3v) is 6.65. The number of hydrogen-bond acceptors (Lipinski definition) is 3. The van der Waals surface area contributed by atoms with E-state index in [9.17, 15) is 14.4 Å². The first kappa shape index (κ1) is 19.5. The molecule has 1 spiro atoms. The Bertz CT molecular complexity index is 1060. The molecule has 2 aromatic carbocycles. The highest BCUT2D eigenvalue weighted by Gasteiger charge is 2.55. The molecule has 2 atom stereocenters. The Labute approximate surface area is 181 Å². The molecule has 2 aliphatic heterocycles. The van der Waals surface area contributed by atoms with Crippen LogP contribution >= 0.6 is 0 Å². The Morgan fingerprint density at radius 2 is 1.87 bits per heavy atom. The third kappa shape index (κ3) is 3.32. The minimum absolute atomic E-state index is 0.0189. The number of aryl methyl sites for hydroxylation is 1. The van der Waals surface area contributed by atoms with Gasteiger partial charge in [-0.05, 0) is 42.4 Å². The summed E-state index contributed by atoms with van der Waals surface area (Å²) in [6, 6.07) is 17.2. The van der Waals surface area contributed by atoms with Gasteiger partial charge < -0.3 is 10.2 Å². The van der Waals surface area contributed by atoms with Crippen molar-refractivity contribution in [2.24, 2.45) is 0 Å². The predicted octanol–water partition coefficient (Wildman–Crippen LogP) is 3.08. The fourth-order valence-corrected chi connectivity index (χ4v) is 5.05. The van der Waals surface area contributed by atoms with Gasteiger partial charge in [0.05, 0.1) is 6.04 Å². The van der Waals surface area contributed by atoms with Crippen LogP contribution in [0.2, 0.25) is 0 Å². The molecule has 1 N–H and O–H groups in total. The monoisotopic (exact) mass is 415 g/mol. The highest BCUT2D eigenvalue weighted by Crippen LogP contribution is 2.41. The maximum Gasteiger partial charge on any atom is 0.325 e. The molecule has 6 heteroatoms. The lowest BCUT2D eigenvalue weighted by Gasteiger charge is -2.25. The number of likely N-dealkylation sites (tertiary alicyclic amines) is 1. The molecule has 0 radical (unpaired) electrons. The Morgan fingerprint density at radius 1 is 1.10 bits per heavy atom. The van der Waals surface area contributed by atoms with Crippen molar-refractivity contribution < 1.29 is 14.4 Å². The molecule has 2 saturated heterocycles. The minimum Gasteiger partial charge on any atom is -0.335 e. The largest absolute Gasteiger partial charge is 0.335 e. The van der Waals surface area contributed by atoms with Crippen LogP contribution in [0.4, 0.5) is 4.79 Å². The minimum atomic E-state index is -1.02. The van der Waals surface area contributed by atoms with Crippen molar-refractivity contribution in [1.29, 1.82) is 0 Å². The fourth-order valence-electron chi connectivity index (χ4n) is 5.05. The van der Waals surface area contributed by atoms with Crippen LogP contribution in [-0.2, 0) is 21.5 Å². The van der Waals surface area contributed by atoms with Gasteiger partial charge in [-0.3, -0.25) is 14.5 Å². The molecule has 6 nitrogen and oxygen atoms in total. The van der Waals surface area contributed by atoms with Crippen LogP contribution < -0.4 is 5.32 Å². The summed E-state index contributed by atoms with van der Waals surface area (Å²) in [6.45, 7) is 0.421. The zero-order chi connectivity index (χ0) is 21.4. The molecule has 158 valence electrons. The van der Waals surface area contributed by atoms with Gasteiger partial charge in [-0.2, -0.15) is 0 Å². The second-order valence-corrected chi connectivity index (χ2v) is 8.45. The van der Waals surface area contributed by atoms with E-state index in [0.717, 1.165) is 40.9 Å². The van der Waals surface area contributed by atoms with Gasteiger partial charge in [-0.1, -0.05) is 66.7 Å². The number of carbonyl (C=O) groups excluding carboxylic acids is 3. The second kappa shape index (κ2) is 7.69. The van der Waals surface area contributed by atoms with Crippen molar-refractivity contribution in [3.63, 3.8) is 0 Å². The van der Waals surface area contributed by atoms with Crippen molar-refractivity contribution in [3.8, 4) is 0 Å². The summed E-state index contributed by atoms with van der Waals surface area (Å²) in [6.07, 6.45) is 7.13. The van der Waals surface area contributed by atoms with Crippen LogP contribution in [0.3, 0.4) is 0 Å². The van der Waals surface area contributed by atoms with E-state index in [2.05, 4.69) is 5.32 Å². The number of rotatable bonds is 4. The number of fused-ring (bicyclic) bond motifs is 2. The lowest BCUT2D eigenvalue weighted by molar-refractivity contribution is -0.139. The maximum atomic E-state index is 13.3. The van der Waals surface area contributed by atoms with Gasteiger partial charge >= 0.3 is 6.03 Å². The number of imide groups is 1. The molecule has 2 fully saturated rings. The van der Waals surface area contributed by atoms with Crippen LogP contribution in [0.5, 0.6) is 0 Å². The average Bonchev–Trinajstić information content (AvgIpc) is 3.47. The Morgan fingerprint density at radius 3 is 2.71 bits per heavy atom. The summed E-state index contributed by atoms with van der Waals surface area (Å²) in [5.41, 5.74) is 1.99. The molecule has 0 saturated carbocycles. The van der Waals surface area contributed by atoms with Gasteiger partial charge in [0.25, 0.3) is 5.91 Å². The van der Waals surface area contributed by atoms with Crippen molar-refractivity contribution in [1.82, 2.24) is 15.1 Å². The van der Waals surface area contributed by atoms with E-state index in [1.54, 1.807) is 4.90 Å². The standard InChI is InChI=1S/C25H25N3O3/c29-22(27-16-6-10-20(27)13-12-18-7-2-1-3-8-18)17-28-23(30)25(26-24(28)31)15-14-19-9-4-5-11-21(19)25/h1-5,7-9,11-13,20H,6,10,14-17H2,(H,26,31)/b13-12+. The number of urea groups is 1. The first-order valence-corrected chi connectivity index (χ1v) is 10.8. The van der Waals surface area contributed by atoms with Crippen LogP contribution in [0.25, 0.3) is 6.08 Å². The zero-order valence-corrected chi connectivity index (χ0v) is 17.3. The van der Waals surface area contributed by atoms with Crippen LogP contribution in [0.15, 0.2) is 60.7 Å². The van der Waals surface area contributed by atoms with E-state index < -0.39 is 11.6 Å². The average molecular weight is 415 g/mol. The molecule has 2 unspecified atom stereocenters. The number of hydrogen-bond donors (Lipinski definition) is 1. The molecule has 3 aliphatic rings.